The van der Waals surface area contributed by atoms with E-state index in [1.54, 1.807) is 0 Å². The van der Waals surface area contributed by atoms with Crippen LogP contribution >= 0.6 is 0 Å². The lowest BCUT2D eigenvalue weighted by molar-refractivity contribution is 0.332. The van der Waals surface area contributed by atoms with Gasteiger partial charge in [0.25, 0.3) is 0 Å². The topological polar surface area (TPSA) is 34.5 Å². The maximum atomic E-state index is 7.45. The Labute approximate surface area is 425 Å². The molecule has 4 nitrogen and oxygen atoms in total. The minimum Gasteiger partial charge on any atom is -0.455 e. The van der Waals surface area contributed by atoms with Crippen molar-refractivity contribution in [1.82, 2.24) is 4.57 Å². The molecule has 362 valence electrons. The Morgan fingerprint density at radius 1 is 0.486 bits per heavy atom. The molecular formula is C67H69BN2O2. The molecule has 0 saturated heterocycles. The van der Waals surface area contributed by atoms with Gasteiger partial charge in [-0.25, -0.2) is 0 Å². The molecule has 0 radical (unpaired) electrons. The summed E-state index contributed by atoms with van der Waals surface area (Å²) >= 11 is 0. The molecule has 4 aliphatic rings. The van der Waals surface area contributed by atoms with Crippen molar-refractivity contribution in [3.05, 3.63) is 136 Å². The second-order valence-electron chi connectivity index (χ2n) is 27.6. The third-order valence-electron chi connectivity index (χ3n) is 18.8. The number of anilines is 2. The summed E-state index contributed by atoms with van der Waals surface area (Å²) in [5, 5.41) is 7.37. The average molecular weight is 945 g/mol. The molecule has 0 spiro atoms. The van der Waals surface area contributed by atoms with Crippen LogP contribution in [0.2, 0.25) is 0 Å². The minimum absolute atomic E-state index is 0.00238. The Bertz CT molecular complexity index is 4090. The fourth-order valence-electron chi connectivity index (χ4n) is 14.2. The molecule has 5 heteroatoms. The lowest BCUT2D eigenvalue weighted by Gasteiger charge is -2.42. The van der Waals surface area contributed by atoms with Crippen molar-refractivity contribution in [1.29, 1.82) is 0 Å². The predicted molar refractivity (Wildman–Crippen MR) is 307 cm³/mol. The van der Waals surface area contributed by atoms with E-state index in [2.05, 4.69) is 210 Å². The molecule has 2 aliphatic heterocycles. The van der Waals surface area contributed by atoms with E-state index in [-0.39, 0.29) is 39.3 Å². The Morgan fingerprint density at radius 3 is 1.64 bits per heavy atom. The highest BCUT2D eigenvalue weighted by molar-refractivity contribution is 6.94. The van der Waals surface area contributed by atoms with Crippen molar-refractivity contribution >= 4 is 94.8 Å². The predicted octanol–water partition coefficient (Wildman–Crippen LogP) is 17.4. The summed E-state index contributed by atoms with van der Waals surface area (Å²) in [7, 11) is 0. The normalized spacial score (nSPS) is 18.4. The largest absolute Gasteiger partial charge is 0.455 e. The number of aromatic nitrogens is 1. The summed E-state index contributed by atoms with van der Waals surface area (Å²) in [6.07, 6.45) is 4.64. The Hall–Kier alpha value is -6.20. The maximum absolute atomic E-state index is 7.45. The highest BCUT2D eigenvalue weighted by atomic mass is 16.3. The maximum Gasteiger partial charge on any atom is 0.333 e. The van der Waals surface area contributed by atoms with Gasteiger partial charge in [0.2, 0.25) is 0 Å². The Balaban J connectivity index is 1.14. The van der Waals surface area contributed by atoms with Gasteiger partial charge in [0.05, 0.1) is 16.7 Å². The first-order chi connectivity index (χ1) is 33.8. The van der Waals surface area contributed by atoms with E-state index in [0.717, 1.165) is 70.3 Å². The van der Waals surface area contributed by atoms with Gasteiger partial charge in [-0.05, 0) is 187 Å². The number of para-hydroxylation sites is 1. The van der Waals surface area contributed by atoms with E-state index < -0.39 is 0 Å². The van der Waals surface area contributed by atoms with Gasteiger partial charge in [-0.15, -0.1) is 0 Å². The van der Waals surface area contributed by atoms with Crippen LogP contribution in [0.4, 0.5) is 11.4 Å². The molecule has 0 fully saturated rings. The minimum atomic E-state index is -0.174. The quantitative estimate of drug-likeness (QED) is 0.154. The molecule has 5 heterocycles. The van der Waals surface area contributed by atoms with E-state index in [1.165, 1.54) is 99.1 Å². The van der Waals surface area contributed by atoms with Crippen LogP contribution in [0, 0.1) is 6.92 Å². The SMILES string of the molecule is Cc1cc2c3c(c1)-n1c4ccc(C(C)(C)C)cc4c4cc(C(C)(C)C)cc(c41)B3N(c1cccc3c1oc1cc4c(cc13)C(C)(C)CCC4(C)C)c1ccc3c(oc4cc5c(cc43)C(C)(C)CCC5(C)C)c1-2. The van der Waals surface area contributed by atoms with Gasteiger partial charge >= 0.3 is 6.85 Å². The number of rotatable bonds is 1. The molecule has 10 aromatic rings. The van der Waals surface area contributed by atoms with Crippen LogP contribution in [0.5, 0.6) is 0 Å². The standard InChI is InChI=1S/C67H69BN2O2/c1-36-27-45-57-52(22-20-40-43-33-47-49(35-56(43)72-61(40)57)67(14,15)26-24-65(47,10)11)70(53-18-16-17-39-42-32-46-48(34-55(42)71-60(39)53)66(12,13)25-23-64(46,8)9)68-50-31-38(63(5,6)7)30-44-41-29-37(62(2,3)4)19-21-51(41)69(59(44)50)54(28-36)58(45)68/h16-22,27-35H,23-26H2,1-15H3. The molecule has 0 N–H and O–H groups in total. The van der Waals surface area contributed by atoms with Gasteiger partial charge in [-0.1, -0.05) is 127 Å². The van der Waals surface area contributed by atoms with Gasteiger partial charge in [0.15, 0.2) is 5.58 Å². The van der Waals surface area contributed by atoms with Crippen LogP contribution in [0.15, 0.2) is 106 Å². The van der Waals surface area contributed by atoms with Crippen molar-refractivity contribution in [2.75, 3.05) is 4.81 Å². The summed E-state index contributed by atoms with van der Waals surface area (Å²) < 4.78 is 17.5. The van der Waals surface area contributed by atoms with Crippen LogP contribution < -0.4 is 15.7 Å². The summed E-state index contributed by atoms with van der Waals surface area (Å²) in [4.78, 5) is 2.67. The van der Waals surface area contributed by atoms with Gasteiger partial charge in [-0.2, -0.15) is 0 Å². The molecule has 0 bridgehead atoms. The first-order valence-corrected chi connectivity index (χ1v) is 26.9. The molecular weight excluding hydrogens is 876 g/mol. The molecule has 0 saturated carbocycles. The number of hydrogen-bond acceptors (Lipinski definition) is 3. The van der Waals surface area contributed by atoms with Crippen molar-refractivity contribution in [3.8, 4) is 16.8 Å². The fourth-order valence-corrected chi connectivity index (χ4v) is 14.2. The lowest BCUT2D eigenvalue weighted by atomic mass is 9.43. The van der Waals surface area contributed by atoms with E-state index >= 15 is 0 Å². The molecule has 72 heavy (non-hydrogen) atoms. The number of nitrogens with zero attached hydrogens (tertiary/aromatic N) is 2. The third kappa shape index (κ3) is 5.83. The highest BCUT2D eigenvalue weighted by Gasteiger charge is 2.47. The van der Waals surface area contributed by atoms with Crippen molar-refractivity contribution in [3.63, 3.8) is 0 Å². The van der Waals surface area contributed by atoms with Crippen molar-refractivity contribution < 1.29 is 8.83 Å². The van der Waals surface area contributed by atoms with Crippen LogP contribution in [0.1, 0.15) is 162 Å². The third-order valence-corrected chi connectivity index (χ3v) is 18.8. The van der Waals surface area contributed by atoms with Gasteiger partial charge in [0.1, 0.15) is 16.7 Å². The van der Waals surface area contributed by atoms with Crippen LogP contribution in [-0.2, 0) is 32.5 Å². The molecule has 0 atom stereocenters. The second kappa shape index (κ2) is 13.7. The molecule has 7 aromatic carbocycles. The zero-order valence-corrected chi connectivity index (χ0v) is 45.4. The number of benzene rings is 7. The van der Waals surface area contributed by atoms with E-state index in [1.807, 2.05) is 0 Å². The van der Waals surface area contributed by atoms with Crippen molar-refractivity contribution in [2.45, 2.75) is 162 Å². The summed E-state index contributed by atoms with van der Waals surface area (Å²) in [6.45, 7) is 35.6. The monoisotopic (exact) mass is 945 g/mol. The van der Waals surface area contributed by atoms with Crippen LogP contribution in [0.25, 0.3) is 82.5 Å². The fraction of sp³-hybridized carbons (Fsp3) is 0.373. The molecule has 0 amide bonds. The molecule has 14 rings (SSSR count). The first-order valence-electron chi connectivity index (χ1n) is 26.9. The van der Waals surface area contributed by atoms with Crippen LogP contribution in [0.3, 0.4) is 0 Å². The van der Waals surface area contributed by atoms with E-state index in [9.17, 15) is 0 Å². The van der Waals surface area contributed by atoms with Gasteiger partial charge in [-0.3, -0.25) is 0 Å². The van der Waals surface area contributed by atoms with Gasteiger partial charge in [0, 0.05) is 49.3 Å². The number of aryl methyl sites for hydroxylation is 1. The smallest absolute Gasteiger partial charge is 0.333 e. The summed E-state index contributed by atoms with van der Waals surface area (Å²) in [6, 6.07) is 38.7. The average Bonchev–Trinajstić information content (AvgIpc) is 3.99. The van der Waals surface area contributed by atoms with Crippen molar-refractivity contribution in [2.24, 2.45) is 0 Å². The van der Waals surface area contributed by atoms with Gasteiger partial charge < -0.3 is 18.2 Å². The zero-order valence-electron chi connectivity index (χ0n) is 45.4. The molecule has 2 aliphatic carbocycles. The highest BCUT2D eigenvalue weighted by Crippen LogP contribution is 2.55. The molecule has 0 unspecified atom stereocenters. The summed E-state index contributed by atoms with van der Waals surface area (Å²) in [5.41, 5.74) is 24.7. The zero-order chi connectivity index (χ0) is 50.3. The number of fused-ring (bicyclic) bond motifs is 16. The number of furan rings is 2. The summed E-state index contributed by atoms with van der Waals surface area (Å²) in [5.74, 6) is 0. The lowest BCUT2D eigenvalue weighted by Crippen LogP contribution is -2.61. The van der Waals surface area contributed by atoms with E-state index in [0.29, 0.717) is 0 Å². The first kappa shape index (κ1) is 44.5. The Kier molecular flexibility index (Phi) is 8.46. The van der Waals surface area contributed by atoms with E-state index in [4.69, 9.17) is 8.83 Å². The second-order valence-corrected chi connectivity index (χ2v) is 27.6. The Morgan fingerprint density at radius 2 is 1.04 bits per heavy atom. The van der Waals surface area contributed by atoms with Crippen LogP contribution in [-0.4, -0.2) is 11.4 Å². The number of hydrogen-bond donors (Lipinski definition) is 0. The molecule has 3 aromatic heterocycles.